The molecule has 0 aliphatic heterocycles. The lowest BCUT2D eigenvalue weighted by molar-refractivity contribution is 1.48. The van der Waals surface area contributed by atoms with Crippen molar-refractivity contribution in [1.29, 1.82) is 47.4 Å². The maximum atomic E-state index is 10.9. The summed E-state index contributed by atoms with van der Waals surface area (Å²) in [5, 5.41) is 93.2. The van der Waals surface area contributed by atoms with Crippen LogP contribution in [0.15, 0.2) is 16.7 Å². The molecule has 4 rings (SSSR count). The van der Waals surface area contributed by atoms with Gasteiger partial charge in [-0.3, -0.25) is 0 Å². The highest BCUT2D eigenvalue weighted by molar-refractivity contribution is 6.52. The zero-order valence-electron chi connectivity index (χ0n) is 29.5. The normalized spacial score (nSPS) is 10.8. The van der Waals surface area contributed by atoms with Crippen LogP contribution in [0.25, 0.3) is 16.7 Å². The molecule has 222 valence electrons. The minimum absolute atomic E-state index is 0.00959. The van der Waals surface area contributed by atoms with E-state index in [2.05, 4.69) is 54.6 Å². The molecule has 51 heavy (non-hydrogen) atoms. The van der Waals surface area contributed by atoms with E-state index in [-0.39, 0.29) is 66.8 Å². The molecule has 0 heterocycles. The van der Waals surface area contributed by atoms with Gasteiger partial charge in [0.1, 0.15) is 88.8 Å². The molecule has 0 radical (unpaired) electrons. The standard InChI is InChI=1S/C33H18B9N9/c34-25-13(4-46)28(37)22(29(38)14(25)5-47)10(1-43)19-20(11(2-44)23-30(39)15(6-48)26(35)16(7-49)31(23)40)21(19)12(3-45)24-32(41)17(8-50)27(36)18(9-51)33(24)42/h34-42H2. The van der Waals surface area contributed by atoms with Gasteiger partial charge in [0.05, 0.1) is 53.1 Å². The molecule has 1 fully saturated rings. The van der Waals surface area contributed by atoms with Crippen LogP contribution >= 0.6 is 0 Å². The Morgan fingerprint density at radius 1 is 0.275 bits per heavy atom. The Morgan fingerprint density at radius 3 is 0.549 bits per heavy atom. The molecule has 9 nitrogen and oxygen atoms in total. The molecule has 1 aliphatic carbocycles. The summed E-state index contributed by atoms with van der Waals surface area (Å²) in [6, 6.07) is 19.6. The van der Waals surface area contributed by atoms with Gasteiger partial charge in [-0.05, 0) is 16.7 Å². The van der Waals surface area contributed by atoms with Gasteiger partial charge in [0.25, 0.3) is 0 Å². The summed E-state index contributed by atoms with van der Waals surface area (Å²) in [6.07, 6.45) is 0. The van der Waals surface area contributed by atoms with Crippen molar-refractivity contribution in [3.8, 4) is 54.6 Å². The fourth-order valence-corrected chi connectivity index (χ4v) is 7.44. The fourth-order valence-electron chi connectivity index (χ4n) is 7.44. The van der Waals surface area contributed by atoms with Gasteiger partial charge in [-0.25, -0.2) is 0 Å². The van der Waals surface area contributed by atoms with Gasteiger partial charge in [0, 0.05) is 50.1 Å². The number of nitrogens with zero attached hydrogens (tertiary/aromatic N) is 9. The molecule has 1 aliphatic rings. The number of nitriles is 9. The molecule has 0 bridgehead atoms. The topological polar surface area (TPSA) is 214 Å². The smallest absolute Gasteiger partial charge is 0.142 e. The van der Waals surface area contributed by atoms with E-state index in [9.17, 15) is 47.4 Å². The minimum Gasteiger partial charge on any atom is -0.192 e. The van der Waals surface area contributed by atoms with Gasteiger partial charge in [-0.15, -0.1) is 0 Å². The molecule has 18 heteroatoms. The predicted molar refractivity (Wildman–Crippen MR) is 219 cm³/mol. The molecule has 0 atom stereocenters. The average Bonchev–Trinajstić information content (AvgIpc) is 3.81. The summed E-state index contributed by atoms with van der Waals surface area (Å²) in [7, 11) is 14.9. The number of hydrogen-bond donors (Lipinski definition) is 0. The Hall–Kier alpha value is -7.13. The van der Waals surface area contributed by atoms with Crippen LogP contribution in [0, 0.1) is 102 Å². The van der Waals surface area contributed by atoms with Crippen molar-refractivity contribution < 1.29 is 0 Å². The Kier molecular flexibility index (Phi) is 9.91. The second-order valence-corrected chi connectivity index (χ2v) is 12.3. The Balaban J connectivity index is 2.46. The zero-order chi connectivity index (χ0) is 38.2. The van der Waals surface area contributed by atoms with E-state index in [4.69, 9.17) is 0 Å². The van der Waals surface area contributed by atoms with E-state index >= 15 is 0 Å². The van der Waals surface area contributed by atoms with Crippen molar-refractivity contribution >= 4 is 137 Å². The minimum atomic E-state index is 0.00959. The highest BCUT2D eigenvalue weighted by Gasteiger charge is 2.43. The lowest BCUT2D eigenvalue weighted by Gasteiger charge is -2.16. The van der Waals surface area contributed by atoms with Crippen molar-refractivity contribution in [3.63, 3.8) is 0 Å². The molecule has 0 saturated heterocycles. The first kappa shape index (κ1) is 36.7. The maximum Gasteiger partial charge on any atom is 0.142 e. The number of hydrogen-bond acceptors (Lipinski definition) is 9. The van der Waals surface area contributed by atoms with Crippen LogP contribution in [0.3, 0.4) is 0 Å². The maximum absolute atomic E-state index is 10.9. The van der Waals surface area contributed by atoms with Crippen LogP contribution in [0.1, 0.15) is 50.1 Å². The Labute approximate surface area is 304 Å². The van der Waals surface area contributed by atoms with Gasteiger partial charge >= 0.3 is 0 Å². The first-order valence-electron chi connectivity index (χ1n) is 15.5. The second kappa shape index (κ2) is 13.8. The molecule has 0 aromatic heterocycles. The first-order valence-corrected chi connectivity index (χ1v) is 15.5. The van der Waals surface area contributed by atoms with Crippen LogP contribution in [0.5, 0.6) is 0 Å². The summed E-state index contributed by atoms with van der Waals surface area (Å²) < 4.78 is 0. The van der Waals surface area contributed by atoms with Gasteiger partial charge in [0.2, 0.25) is 0 Å². The lowest BCUT2D eigenvalue weighted by Crippen LogP contribution is -2.37. The van der Waals surface area contributed by atoms with Crippen LogP contribution in [-0.4, -0.2) is 70.6 Å². The van der Waals surface area contributed by atoms with Gasteiger partial charge in [0.15, 0.2) is 0 Å². The summed E-state index contributed by atoms with van der Waals surface area (Å²) in [6.45, 7) is 0. The fraction of sp³-hybridized carbons (Fsp3) is 0. The van der Waals surface area contributed by atoms with Crippen LogP contribution in [-0.2, 0) is 0 Å². The number of rotatable bonds is 3. The van der Waals surface area contributed by atoms with Crippen LogP contribution in [0.4, 0.5) is 0 Å². The van der Waals surface area contributed by atoms with Crippen molar-refractivity contribution in [2.45, 2.75) is 0 Å². The third-order valence-corrected chi connectivity index (χ3v) is 9.94. The molecule has 0 N–H and O–H groups in total. The Bertz CT molecular complexity index is 2300. The third kappa shape index (κ3) is 5.24. The SMILES string of the molecule is Bc1c(C#N)c(B)c(C(C#N)=C2C(=C(C#N)c3c(B)c(C#N)c(B)c(C#N)c3B)C2=C(C#N)c2c(B)c(C#N)c(B)c(C#N)c2B)c(B)c1C#N. The predicted octanol–water partition coefficient (Wildman–Crippen LogP) is -10.5. The molecular weight excluding hydrogens is 620 g/mol. The molecule has 3 aromatic carbocycles. The molecule has 0 spiro atoms. The summed E-state index contributed by atoms with van der Waals surface area (Å²) in [5.41, 5.74) is 6.78. The second-order valence-electron chi connectivity index (χ2n) is 12.3. The average molecular weight is 638 g/mol. The number of benzene rings is 3. The first-order chi connectivity index (χ1) is 24.2. The molecular formula is C33H18B9N9. The summed E-state index contributed by atoms with van der Waals surface area (Å²) in [5.74, 6) is 0. The van der Waals surface area contributed by atoms with Crippen molar-refractivity contribution in [2.75, 3.05) is 0 Å². The van der Waals surface area contributed by atoms with E-state index in [1.807, 2.05) is 0 Å². The van der Waals surface area contributed by atoms with Crippen molar-refractivity contribution in [2.24, 2.45) is 0 Å². The Morgan fingerprint density at radius 2 is 0.431 bits per heavy atom. The lowest BCUT2D eigenvalue weighted by atomic mass is 9.67. The van der Waals surface area contributed by atoms with Crippen molar-refractivity contribution in [3.05, 3.63) is 66.8 Å². The monoisotopic (exact) mass is 639 g/mol. The molecule has 1 saturated carbocycles. The van der Waals surface area contributed by atoms with Gasteiger partial charge < -0.3 is 0 Å². The molecule has 3 aromatic rings. The van der Waals surface area contributed by atoms with E-state index in [1.165, 1.54) is 0 Å². The van der Waals surface area contributed by atoms with E-state index in [0.717, 1.165) is 0 Å². The van der Waals surface area contributed by atoms with Crippen LogP contribution in [0.2, 0.25) is 0 Å². The van der Waals surface area contributed by atoms with Gasteiger partial charge in [-0.1, -0.05) is 49.2 Å². The van der Waals surface area contributed by atoms with Crippen molar-refractivity contribution in [1.82, 2.24) is 0 Å². The third-order valence-electron chi connectivity index (χ3n) is 9.94. The van der Waals surface area contributed by atoms with Crippen LogP contribution < -0.4 is 49.2 Å². The largest absolute Gasteiger partial charge is 0.192 e. The summed E-state index contributed by atoms with van der Waals surface area (Å²) >= 11 is 0. The summed E-state index contributed by atoms with van der Waals surface area (Å²) in [4.78, 5) is 0. The van der Waals surface area contributed by atoms with E-state index < -0.39 is 0 Å². The quantitative estimate of drug-likeness (QED) is 0.197. The van der Waals surface area contributed by atoms with E-state index in [1.54, 1.807) is 70.6 Å². The number of allylic oxidation sites excluding steroid dienone is 6. The highest BCUT2D eigenvalue weighted by Crippen LogP contribution is 2.55. The van der Waals surface area contributed by atoms with E-state index in [0.29, 0.717) is 65.9 Å². The highest BCUT2D eigenvalue weighted by atomic mass is 14.5. The molecule has 0 unspecified atom stereocenters. The zero-order valence-corrected chi connectivity index (χ0v) is 29.5. The molecule has 0 amide bonds. The van der Waals surface area contributed by atoms with Gasteiger partial charge in [-0.2, -0.15) is 47.4 Å².